The predicted octanol–water partition coefficient (Wildman–Crippen LogP) is 2.82. The number of hydrogen-bond acceptors (Lipinski definition) is 3. The van der Waals surface area contributed by atoms with Gasteiger partial charge in [0.1, 0.15) is 0 Å². The second kappa shape index (κ2) is 6.27. The summed E-state index contributed by atoms with van der Waals surface area (Å²) >= 11 is 2.12. The molecule has 1 atom stereocenters. The van der Waals surface area contributed by atoms with Crippen molar-refractivity contribution in [1.82, 2.24) is 5.32 Å². The van der Waals surface area contributed by atoms with Gasteiger partial charge in [-0.25, -0.2) is 0 Å². The van der Waals surface area contributed by atoms with E-state index in [9.17, 15) is 0 Å². The summed E-state index contributed by atoms with van der Waals surface area (Å²) in [5.41, 5.74) is 0.415. The summed E-state index contributed by atoms with van der Waals surface area (Å²) in [5, 5.41) is 3.97. The molecule has 0 amide bonds. The van der Waals surface area contributed by atoms with Gasteiger partial charge in [0, 0.05) is 31.1 Å². The van der Waals surface area contributed by atoms with Gasteiger partial charge in [0.15, 0.2) is 0 Å². The molecule has 0 aromatic carbocycles. The molecule has 2 rings (SSSR count). The summed E-state index contributed by atoms with van der Waals surface area (Å²) in [6.45, 7) is 0.910. The lowest BCUT2D eigenvalue weighted by Crippen LogP contribution is -2.50. The van der Waals surface area contributed by atoms with Crippen LogP contribution in [0, 0.1) is 0 Å². The average Bonchev–Trinajstić information content (AvgIpc) is 2.77. The normalized spacial score (nSPS) is 29.4. The fourth-order valence-electron chi connectivity index (χ4n) is 3.10. The lowest BCUT2D eigenvalue weighted by molar-refractivity contribution is 0.148. The van der Waals surface area contributed by atoms with Gasteiger partial charge < -0.3 is 10.1 Å². The fourth-order valence-corrected chi connectivity index (χ4v) is 4.18. The van der Waals surface area contributed by atoms with E-state index in [1.54, 1.807) is 0 Å². The second-order valence-electron chi connectivity index (χ2n) is 5.29. The van der Waals surface area contributed by atoms with E-state index in [1.165, 1.54) is 56.5 Å². The highest BCUT2D eigenvalue weighted by Crippen LogP contribution is 2.34. The van der Waals surface area contributed by atoms with E-state index in [4.69, 9.17) is 4.74 Å². The van der Waals surface area contributed by atoms with Crippen LogP contribution < -0.4 is 5.32 Å². The zero-order valence-corrected chi connectivity index (χ0v) is 11.3. The molecule has 1 aliphatic carbocycles. The highest BCUT2D eigenvalue weighted by atomic mass is 32.2. The smallest absolute Gasteiger partial charge is 0.0479 e. The van der Waals surface area contributed by atoms with Gasteiger partial charge in [0.05, 0.1) is 0 Å². The van der Waals surface area contributed by atoms with E-state index < -0.39 is 0 Å². The summed E-state index contributed by atoms with van der Waals surface area (Å²) in [5.74, 6) is 2.68. The molecule has 1 unspecified atom stereocenters. The largest absolute Gasteiger partial charge is 0.385 e. The van der Waals surface area contributed by atoms with E-state index in [0.29, 0.717) is 5.54 Å². The van der Waals surface area contributed by atoms with Crippen molar-refractivity contribution in [1.29, 1.82) is 0 Å². The topological polar surface area (TPSA) is 21.3 Å². The number of hydrogen-bond donors (Lipinski definition) is 1. The molecule has 0 spiro atoms. The average molecular weight is 243 g/mol. The van der Waals surface area contributed by atoms with Crippen LogP contribution in [0.2, 0.25) is 0 Å². The highest BCUT2D eigenvalue weighted by molar-refractivity contribution is 7.99. The maximum absolute atomic E-state index is 5.27. The monoisotopic (exact) mass is 243 g/mol. The number of thioether (sulfide) groups is 1. The van der Waals surface area contributed by atoms with Crippen LogP contribution in [0.15, 0.2) is 0 Å². The standard InChI is InChI=1S/C13H25NOS/c1-15-9-8-13(6-2-3-7-13)14-12-5-4-10-16-11-12/h12,14H,2-11H2,1H3. The van der Waals surface area contributed by atoms with Crippen molar-refractivity contribution in [2.24, 2.45) is 0 Å². The molecule has 0 radical (unpaired) electrons. The minimum absolute atomic E-state index is 0.415. The molecule has 1 saturated carbocycles. The van der Waals surface area contributed by atoms with Crippen LogP contribution in [0.1, 0.15) is 44.9 Å². The molecule has 1 heterocycles. The first-order valence-corrected chi connectivity index (χ1v) is 7.84. The second-order valence-corrected chi connectivity index (χ2v) is 6.44. The fraction of sp³-hybridized carbons (Fsp3) is 1.00. The third-order valence-electron chi connectivity index (χ3n) is 4.02. The van der Waals surface area contributed by atoms with Crippen molar-refractivity contribution in [3.63, 3.8) is 0 Å². The van der Waals surface area contributed by atoms with Gasteiger partial charge in [0.25, 0.3) is 0 Å². The van der Waals surface area contributed by atoms with Crippen molar-refractivity contribution in [2.45, 2.75) is 56.5 Å². The number of methoxy groups -OCH3 is 1. The molecule has 0 aromatic rings. The number of ether oxygens (including phenoxy) is 1. The summed E-state index contributed by atoms with van der Waals surface area (Å²) in [6, 6.07) is 0.758. The lowest BCUT2D eigenvalue weighted by atomic mass is 9.92. The molecule has 1 saturated heterocycles. The van der Waals surface area contributed by atoms with Crippen LogP contribution in [0.3, 0.4) is 0 Å². The van der Waals surface area contributed by atoms with Crippen molar-refractivity contribution < 1.29 is 4.74 Å². The Kier molecular flexibility index (Phi) is 4.98. The first-order valence-electron chi connectivity index (χ1n) is 6.69. The Bertz CT molecular complexity index is 198. The van der Waals surface area contributed by atoms with Gasteiger partial charge in [-0.1, -0.05) is 12.8 Å². The van der Waals surface area contributed by atoms with Crippen LogP contribution in [0.25, 0.3) is 0 Å². The first-order chi connectivity index (χ1) is 7.85. The summed E-state index contributed by atoms with van der Waals surface area (Å²) in [7, 11) is 1.82. The molecule has 2 fully saturated rings. The van der Waals surface area contributed by atoms with Crippen LogP contribution >= 0.6 is 11.8 Å². The third-order valence-corrected chi connectivity index (χ3v) is 5.23. The van der Waals surface area contributed by atoms with Crippen molar-refractivity contribution in [3.8, 4) is 0 Å². The van der Waals surface area contributed by atoms with Gasteiger partial charge in [-0.15, -0.1) is 0 Å². The Labute approximate surface area is 104 Å². The van der Waals surface area contributed by atoms with E-state index in [2.05, 4.69) is 17.1 Å². The molecule has 94 valence electrons. The Morgan fingerprint density at radius 3 is 2.75 bits per heavy atom. The molecular formula is C13H25NOS. The van der Waals surface area contributed by atoms with Crippen molar-refractivity contribution in [2.75, 3.05) is 25.2 Å². The Hall–Kier alpha value is 0.270. The molecule has 2 aliphatic rings. The number of rotatable bonds is 5. The molecule has 0 bridgehead atoms. The van der Waals surface area contributed by atoms with E-state index in [1.807, 2.05) is 7.11 Å². The number of nitrogens with one attached hydrogen (secondary N) is 1. The van der Waals surface area contributed by atoms with Crippen LogP contribution in [0.4, 0.5) is 0 Å². The maximum atomic E-state index is 5.27. The van der Waals surface area contributed by atoms with E-state index >= 15 is 0 Å². The van der Waals surface area contributed by atoms with Crippen molar-refractivity contribution in [3.05, 3.63) is 0 Å². The van der Waals surface area contributed by atoms with Gasteiger partial charge in [-0.2, -0.15) is 11.8 Å². The van der Waals surface area contributed by atoms with Crippen LogP contribution in [-0.2, 0) is 4.74 Å². The summed E-state index contributed by atoms with van der Waals surface area (Å²) in [6.07, 6.45) is 9.48. The van der Waals surface area contributed by atoms with Gasteiger partial charge in [0.2, 0.25) is 0 Å². The molecule has 1 N–H and O–H groups in total. The quantitative estimate of drug-likeness (QED) is 0.802. The zero-order valence-electron chi connectivity index (χ0n) is 10.5. The predicted molar refractivity (Wildman–Crippen MR) is 71.2 cm³/mol. The lowest BCUT2D eigenvalue weighted by Gasteiger charge is -2.36. The zero-order chi connectivity index (χ0) is 11.3. The maximum Gasteiger partial charge on any atom is 0.0479 e. The summed E-state index contributed by atoms with van der Waals surface area (Å²) in [4.78, 5) is 0. The molecule has 0 aromatic heterocycles. The van der Waals surface area contributed by atoms with E-state index in [0.717, 1.165) is 12.6 Å². The summed E-state index contributed by atoms with van der Waals surface area (Å²) < 4.78 is 5.27. The highest BCUT2D eigenvalue weighted by Gasteiger charge is 2.35. The van der Waals surface area contributed by atoms with Crippen molar-refractivity contribution >= 4 is 11.8 Å². The molecule has 2 nitrogen and oxygen atoms in total. The first kappa shape index (κ1) is 12.7. The van der Waals surface area contributed by atoms with Crippen LogP contribution in [-0.4, -0.2) is 36.8 Å². The van der Waals surface area contributed by atoms with E-state index in [-0.39, 0.29) is 0 Å². The Balaban J connectivity index is 1.85. The third kappa shape index (κ3) is 3.38. The molecular weight excluding hydrogens is 218 g/mol. The van der Waals surface area contributed by atoms with Gasteiger partial charge in [-0.05, 0) is 37.9 Å². The molecule has 3 heteroatoms. The van der Waals surface area contributed by atoms with Gasteiger partial charge in [-0.3, -0.25) is 0 Å². The van der Waals surface area contributed by atoms with Gasteiger partial charge >= 0.3 is 0 Å². The Morgan fingerprint density at radius 2 is 2.12 bits per heavy atom. The van der Waals surface area contributed by atoms with Crippen LogP contribution in [0.5, 0.6) is 0 Å². The molecule has 16 heavy (non-hydrogen) atoms. The minimum atomic E-state index is 0.415. The minimum Gasteiger partial charge on any atom is -0.385 e. The Morgan fingerprint density at radius 1 is 1.31 bits per heavy atom. The SMILES string of the molecule is COCCC1(NC2CCCSC2)CCCC1. The molecule has 1 aliphatic heterocycles.